The molecule has 1 aliphatic carbocycles. The fourth-order valence-corrected chi connectivity index (χ4v) is 2.77. The SMILES string of the molecule is CC1CCCN1C(=O)C1CCCC1N. The van der Waals surface area contributed by atoms with E-state index in [1.165, 1.54) is 0 Å². The normalized spacial score (nSPS) is 37.9. The van der Waals surface area contributed by atoms with E-state index in [9.17, 15) is 4.79 Å². The van der Waals surface area contributed by atoms with Crippen LogP contribution in [0.1, 0.15) is 39.0 Å². The lowest BCUT2D eigenvalue weighted by atomic mass is 10.0. The number of rotatable bonds is 1. The Morgan fingerprint density at radius 3 is 2.57 bits per heavy atom. The van der Waals surface area contributed by atoms with Crippen LogP contribution in [0.15, 0.2) is 0 Å². The molecule has 3 heteroatoms. The van der Waals surface area contributed by atoms with Crippen LogP contribution >= 0.6 is 0 Å². The molecule has 1 saturated heterocycles. The zero-order chi connectivity index (χ0) is 10.1. The van der Waals surface area contributed by atoms with E-state index in [4.69, 9.17) is 5.73 Å². The maximum Gasteiger partial charge on any atom is 0.227 e. The first-order valence-electron chi connectivity index (χ1n) is 5.76. The van der Waals surface area contributed by atoms with E-state index >= 15 is 0 Å². The Balaban J connectivity index is 2.00. The monoisotopic (exact) mass is 196 g/mol. The maximum absolute atomic E-state index is 12.1. The number of carbonyl (C=O) groups is 1. The number of hydrogen-bond donors (Lipinski definition) is 1. The van der Waals surface area contributed by atoms with Crippen LogP contribution in [0.5, 0.6) is 0 Å². The summed E-state index contributed by atoms with van der Waals surface area (Å²) in [5, 5.41) is 0. The molecule has 1 heterocycles. The predicted molar refractivity (Wildman–Crippen MR) is 55.7 cm³/mol. The van der Waals surface area contributed by atoms with Gasteiger partial charge in [0, 0.05) is 18.6 Å². The van der Waals surface area contributed by atoms with Crippen LogP contribution in [0.2, 0.25) is 0 Å². The first-order valence-corrected chi connectivity index (χ1v) is 5.76. The molecule has 2 rings (SSSR count). The Bertz CT molecular complexity index is 207. The minimum Gasteiger partial charge on any atom is -0.340 e. The molecule has 14 heavy (non-hydrogen) atoms. The number of amides is 1. The molecular formula is C11H20N2O. The molecule has 0 aromatic heterocycles. The third kappa shape index (κ3) is 1.65. The van der Waals surface area contributed by atoms with Gasteiger partial charge in [-0.25, -0.2) is 0 Å². The standard InChI is InChI=1S/C11H20N2O/c1-8-4-3-7-13(8)11(14)9-5-2-6-10(9)12/h8-10H,2-7,12H2,1H3. The van der Waals surface area contributed by atoms with Crippen LogP contribution in [0, 0.1) is 5.92 Å². The van der Waals surface area contributed by atoms with E-state index in [1.807, 2.05) is 4.90 Å². The van der Waals surface area contributed by atoms with Gasteiger partial charge in [0.2, 0.25) is 5.91 Å². The van der Waals surface area contributed by atoms with Crippen molar-refractivity contribution in [1.82, 2.24) is 4.90 Å². The van der Waals surface area contributed by atoms with Gasteiger partial charge in [0.25, 0.3) is 0 Å². The summed E-state index contributed by atoms with van der Waals surface area (Å²) in [4.78, 5) is 14.2. The van der Waals surface area contributed by atoms with Crippen molar-refractivity contribution >= 4 is 5.91 Å². The summed E-state index contributed by atoms with van der Waals surface area (Å²) < 4.78 is 0. The zero-order valence-corrected chi connectivity index (χ0v) is 8.91. The van der Waals surface area contributed by atoms with Crippen molar-refractivity contribution in [2.45, 2.75) is 51.1 Å². The highest BCUT2D eigenvalue weighted by Crippen LogP contribution is 2.28. The fraction of sp³-hybridized carbons (Fsp3) is 0.909. The summed E-state index contributed by atoms with van der Waals surface area (Å²) >= 11 is 0. The largest absolute Gasteiger partial charge is 0.340 e. The van der Waals surface area contributed by atoms with Crippen molar-refractivity contribution in [3.8, 4) is 0 Å². The summed E-state index contributed by atoms with van der Waals surface area (Å²) in [5.41, 5.74) is 5.95. The van der Waals surface area contributed by atoms with Crippen LogP contribution in [0.4, 0.5) is 0 Å². The second-order valence-corrected chi connectivity index (χ2v) is 4.72. The predicted octanol–water partition coefficient (Wildman–Crippen LogP) is 1.12. The van der Waals surface area contributed by atoms with Crippen molar-refractivity contribution in [3.63, 3.8) is 0 Å². The molecule has 0 spiro atoms. The third-order valence-corrected chi connectivity index (χ3v) is 3.72. The highest BCUT2D eigenvalue weighted by Gasteiger charge is 2.36. The topological polar surface area (TPSA) is 46.3 Å². The van der Waals surface area contributed by atoms with Crippen molar-refractivity contribution < 1.29 is 4.79 Å². The number of hydrogen-bond acceptors (Lipinski definition) is 2. The summed E-state index contributed by atoms with van der Waals surface area (Å²) in [5.74, 6) is 0.440. The average Bonchev–Trinajstić information content (AvgIpc) is 2.73. The maximum atomic E-state index is 12.1. The molecular weight excluding hydrogens is 176 g/mol. The van der Waals surface area contributed by atoms with Gasteiger partial charge in [0.05, 0.1) is 5.92 Å². The van der Waals surface area contributed by atoms with Crippen LogP contribution in [-0.4, -0.2) is 29.4 Å². The van der Waals surface area contributed by atoms with E-state index < -0.39 is 0 Å². The Hall–Kier alpha value is -0.570. The number of nitrogens with two attached hydrogens (primary N) is 1. The lowest BCUT2D eigenvalue weighted by Gasteiger charge is -2.26. The lowest BCUT2D eigenvalue weighted by molar-refractivity contribution is -0.136. The molecule has 0 radical (unpaired) electrons. The fourth-order valence-electron chi connectivity index (χ4n) is 2.77. The highest BCUT2D eigenvalue weighted by atomic mass is 16.2. The molecule has 1 aliphatic heterocycles. The van der Waals surface area contributed by atoms with Gasteiger partial charge in [-0.1, -0.05) is 6.42 Å². The molecule has 2 N–H and O–H groups in total. The smallest absolute Gasteiger partial charge is 0.227 e. The summed E-state index contributed by atoms with van der Waals surface area (Å²) in [7, 11) is 0. The van der Waals surface area contributed by atoms with Gasteiger partial charge in [-0.05, 0) is 32.6 Å². The molecule has 3 unspecified atom stereocenters. The van der Waals surface area contributed by atoms with E-state index in [1.54, 1.807) is 0 Å². The number of nitrogens with zero attached hydrogens (tertiary/aromatic N) is 1. The Morgan fingerprint density at radius 1 is 1.29 bits per heavy atom. The van der Waals surface area contributed by atoms with Gasteiger partial charge in [0.1, 0.15) is 0 Å². The summed E-state index contributed by atoms with van der Waals surface area (Å²) in [6, 6.07) is 0.561. The van der Waals surface area contributed by atoms with Crippen molar-refractivity contribution in [2.75, 3.05) is 6.54 Å². The molecule has 3 atom stereocenters. The van der Waals surface area contributed by atoms with E-state index in [0.29, 0.717) is 11.9 Å². The first kappa shape index (κ1) is 9.97. The molecule has 0 aromatic carbocycles. The summed E-state index contributed by atoms with van der Waals surface area (Å²) in [6.07, 6.45) is 5.48. The van der Waals surface area contributed by atoms with Crippen LogP contribution < -0.4 is 5.73 Å². The van der Waals surface area contributed by atoms with Crippen molar-refractivity contribution in [2.24, 2.45) is 11.7 Å². The van der Waals surface area contributed by atoms with Gasteiger partial charge in [-0.15, -0.1) is 0 Å². The lowest BCUT2D eigenvalue weighted by Crippen LogP contribution is -2.43. The molecule has 0 bridgehead atoms. The molecule has 80 valence electrons. The van der Waals surface area contributed by atoms with Gasteiger partial charge in [-0.2, -0.15) is 0 Å². The molecule has 0 aromatic rings. The first-order chi connectivity index (χ1) is 6.70. The van der Waals surface area contributed by atoms with Crippen LogP contribution in [0.3, 0.4) is 0 Å². The van der Waals surface area contributed by atoms with Crippen LogP contribution in [0.25, 0.3) is 0 Å². The van der Waals surface area contributed by atoms with E-state index in [0.717, 1.165) is 38.6 Å². The van der Waals surface area contributed by atoms with Crippen molar-refractivity contribution in [1.29, 1.82) is 0 Å². The van der Waals surface area contributed by atoms with Crippen LogP contribution in [-0.2, 0) is 4.79 Å². The molecule has 2 fully saturated rings. The Morgan fingerprint density at radius 2 is 2.07 bits per heavy atom. The van der Waals surface area contributed by atoms with E-state index in [-0.39, 0.29) is 12.0 Å². The highest BCUT2D eigenvalue weighted by molar-refractivity contribution is 5.80. The molecule has 1 saturated carbocycles. The Labute approximate surface area is 85.6 Å². The van der Waals surface area contributed by atoms with Crippen molar-refractivity contribution in [3.05, 3.63) is 0 Å². The van der Waals surface area contributed by atoms with E-state index in [2.05, 4.69) is 6.92 Å². The minimum atomic E-state index is 0.121. The van der Waals surface area contributed by atoms with Gasteiger partial charge >= 0.3 is 0 Å². The van der Waals surface area contributed by atoms with Gasteiger partial charge < -0.3 is 10.6 Å². The van der Waals surface area contributed by atoms with Gasteiger partial charge in [-0.3, -0.25) is 4.79 Å². The molecule has 2 aliphatic rings. The molecule has 3 nitrogen and oxygen atoms in total. The minimum absolute atomic E-state index is 0.121. The second kappa shape index (κ2) is 3.89. The molecule has 1 amide bonds. The summed E-state index contributed by atoms with van der Waals surface area (Å²) in [6.45, 7) is 3.09. The average molecular weight is 196 g/mol. The second-order valence-electron chi connectivity index (χ2n) is 4.72. The third-order valence-electron chi connectivity index (χ3n) is 3.72. The van der Waals surface area contributed by atoms with Gasteiger partial charge in [0.15, 0.2) is 0 Å². The quantitative estimate of drug-likeness (QED) is 0.683. The number of likely N-dealkylation sites (tertiary alicyclic amines) is 1. The number of carbonyl (C=O) groups excluding carboxylic acids is 1. The zero-order valence-electron chi connectivity index (χ0n) is 8.91. The Kier molecular flexibility index (Phi) is 2.77.